The first-order valence-corrected chi connectivity index (χ1v) is 5.70. The molecule has 0 aliphatic carbocycles. The van der Waals surface area contributed by atoms with Crippen LogP contribution in [0, 0.1) is 5.92 Å². The van der Waals surface area contributed by atoms with E-state index in [1.54, 1.807) is 0 Å². The average Bonchev–Trinajstić information content (AvgIpc) is 2.74. The third-order valence-corrected chi connectivity index (χ3v) is 2.97. The topological polar surface area (TPSA) is 67.0 Å². The molecule has 88 valence electrons. The molecular formula is C11H17N3O2. The Bertz CT molecular complexity index is 391. The highest BCUT2D eigenvalue weighted by Gasteiger charge is 2.26. The van der Waals surface area contributed by atoms with E-state index in [1.807, 2.05) is 0 Å². The summed E-state index contributed by atoms with van der Waals surface area (Å²) in [5.74, 6) is 1.15. The fourth-order valence-corrected chi connectivity index (χ4v) is 2.08. The predicted molar refractivity (Wildman–Crippen MR) is 61.5 cm³/mol. The zero-order chi connectivity index (χ0) is 11.4. The first-order chi connectivity index (χ1) is 7.79. The van der Waals surface area contributed by atoms with Gasteiger partial charge in [0.1, 0.15) is 5.82 Å². The molecule has 0 radical (unpaired) electrons. The highest BCUT2D eigenvalue weighted by molar-refractivity contribution is 5.31. The number of hydrogen-bond donors (Lipinski definition) is 2. The van der Waals surface area contributed by atoms with Crippen LogP contribution in [0.25, 0.3) is 0 Å². The molecule has 1 aromatic heterocycles. The van der Waals surface area contributed by atoms with Crippen LogP contribution >= 0.6 is 0 Å². The van der Waals surface area contributed by atoms with Gasteiger partial charge in [-0.3, -0.25) is 4.79 Å². The molecule has 0 spiro atoms. The smallest absolute Gasteiger partial charge is 0.252 e. The molecule has 0 bridgehead atoms. The van der Waals surface area contributed by atoms with Gasteiger partial charge in [0.2, 0.25) is 0 Å². The van der Waals surface area contributed by atoms with Gasteiger partial charge in [-0.2, -0.15) is 0 Å². The molecule has 5 nitrogen and oxygen atoms in total. The molecule has 2 heterocycles. The lowest BCUT2D eigenvalue weighted by Gasteiger charge is -2.17. The third kappa shape index (κ3) is 2.61. The Morgan fingerprint density at radius 3 is 3.31 bits per heavy atom. The number of hydrogen-bond acceptors (Lipinski definition) is 4. The second-order valence-electron chi connectivity index (χ2n) is 4.04. The summed E-state index contributed by atoms with van der Waals surface area (Å²) in [4.78, 5) is 17.6. The van der Waals surface area contributed by atoms with Crippen LogP contribution in [0.1, 0.15) is 19.8 Å². The van der Waals surface area contributed by atoms with Crippen LogP contribution in [0.15, 0.2) is 17.2 Å². The average molecular weight is 223 g/mol. The zero-order valence-electron chi connectivity index (χ0n) is 9.40. The summed E-state index contributed by atoms with van der Waals surface area (Å²) in [5.41, 5.74) is -0.132. The second-order valence-corrected chi connectivity index (χ2v) is 4.04. The lowest BCUT2D eigenvalue weighted by atomic mass is 10.00. The Kier molecular flexibility index (Phi) is 3.56. The van der Waals surface area contributed by atoms with Gasteiger partial charge in [0.15, 0.2) is 0 Å². The van der Waals surface area contributed by atoms with Crippen molar-refractivity contribution >= 4 is 5.82 Å². The second kappa shape index (κ2) is 5.12. The zero-order valence-corrected chi connectivity index (χ0v) is 9.40. The van der Waals surface area contributed by atoms with Crippen molar-refractivity contribution in [2.24, 2.45) is 5.92 Å². The van der Waals surface area contributed by atoms with Gasteiger partial charge in [-0.05, 0) is 12.8 Å². The van der Waals surface area contributed by atoms with Gasteiger partial charge in [0, 0.05) is 25.1 Å². The largest absolute Gasteiger partial charge is 0.378 e. The van der Waals surface area contributed by atoms with Gasteiger partial charge >= 0.3 is 0 Å². The predicted octanol–water partition coefficient (Wildman–Crippen LogP) is 0.997. The van der Waals surface area contributed by atoms with Crippen molar-refractivity contribution in [1.29, 1.82) is 0 Å². The monoisotopic (exact) mass is 223 g/mol. The summed E-state index contributed by atoms with van der Waals surface area (Å²) < 4.78 is 5.60. The maximum atomic E-state index is 11.0. The number of aromatic amines is 1. The first kappa shape index (κ1) is 11.1. The number of anilines is 1. The molecular weight excluding hydrogens is 206 g/mol. The Labute approximate surface area is 94.2 Å². The van der Waals surface area contributed by atoms with E-state index >= 15 is 0 Å². The van der Waals surface area contributed by atoms with Crippen LogP contribution in [-0.2, 0) is 4.74 Å². The van der Waals surface area contributed by atoms with E-state index in [1.165, 1.54) is 12.4 Å². The van der Waals surface area contributed by atoms with E-state index in [2.05, 4.69) is 22.2 Å². The van der Waals surface area contributed by atoms with Gasteiger partial charge in [-0.25, -0.2) is 4.98 Å². The van der Waals surface area contributed by atoms with Crippen LogP contribution in [0.2, 0.25) is 0 Å². The van der Waals surface area contributed by atoms with Gasteiger partial charge < -0.3 is 15.0 Å². The van der Waals surface area contributed by atoms with Gasteiger partial charge in [0.05, 0.1) is 12.4 Å². The van der Waals surface area contributed by atoms with E-state index in [9.17, 15) is 4.79 Å². The van der Waals surface area contributed by atoms with E-state index < -0.39 is 0 Å². The molecule has 2 rings (SSSR count). The molecule has 1 aliphatic rings. The van der Waals surface area contributed by atoms with E-state index in [-0.39, 0.29) is 5.56 Å². The fraction of sp³-hybridized carbons (Fsp3) is 0.636. The fourth-order valence-electron chi connectivity index (χ4n) is 2.08. The minimum Gasteiger partial charge on any atom is -0.378 e. The summed E-state index contributed by atoms with van der Waals surface area (Å²) in [6.45, 7) is 3.79. The summed E-state index contributed by atoms with van der Waals surface area (Å²) in [7, 11) is 0. The molecule has 1 fully saturated rings. The molecule has 16 heavy (non-hydrogen) atoms. The Hall–Kier alpha value is -1.36. The maximum Gasteiger partial charge on any atom is 0.252 e. The standard InChI is InChI=1S/C11H17N3O2/c1-2-9-8(3-4-16-9)6-12-10-5-11(15)14-7-13-10/h5,7-9H,2-4,6H2,1H3,(H2,12,13,14,15). The molecule has 1 aromatic rings. The van der Waals surface area contributed by atoms with Crippen molar-refractivity contribution in [3.05, 3.63) is 22.7 Å². The Morgan fingerprint density at radius 2 is 2.56 bits per heavy atom. The molecule has 0 saturated carbocycles. The van der Waals surface area contributed by atoms with Gasteiger partial charge in [0.25, 0.3) is 5.56 Å². The third-order valence-electron chi connectivity index (χ3n) is 2.97. The SMILES string of the molecule is CCC1OCCC1CNc1cc(=O)[nH]cn1. The van der Waals surface area contributed by atoms with Crippen molar-refractivity contribution in [1.82, 2.24) is 9.97 Å². The summed E-state index contributed by atoms with van der Waals surface area (Å²) in [6.07, 6.45) is 3.87. The minimum atomic E-state index is -0.132. The van der Waals surface area contributed by atoms with Gasteiger partial charge in [-0.15, -0.1) is 0 Å². The normalized spacial score (nSPS) is 24.6. The lowest BCUT2D eigenvalue weighted by Crippen LogP contribution is -2.23. The summed E-state index contributed by atoms with van der Waals surface area (Å²) in [6, 6.07) is 1.47. The lowest BCUT2D eigenvalue weighted by molar-refractivity contribution is 0.0900. The van der Waals surface area contributed by atoms with Crippen molar-refractivity contribution in [2.75, 3.05) is 18.5 Å². The van der Waals surface area contributed by atoms with E-state index in [0.29, 0.717) is 17.8 Å². The number of nitrogens with zero attached hydrogens (tertiary/aromatic N) is 1. The van der Waals surface area contributed by atoms with Crippen LogP contribution in [0.4, 0.5) is 5.82 Å². The highest BCUT2D eigenvalue weighted by atomic mass is 16.5. The van der Waals surface area contributed by atoms with Crippen molar-refractivity contribution < 1.29 is 4.74 Å². The number of ether oxygens (including phenoxy) is 1. The maximum absolute atomic E-state index is 11.0. The Balaban J connectivity index is 1.89. The molecule has 1 aliphatic heterocycles. The number of rotatable bonds is 4. The van der Waals surface area contributed by atoms with Crippen molar-refractivity contribution in [3.63, 3.8) is 0 Å². The first-order valence-electron chi connectivity index (χ1n) is 5.70. The van der Waals surface area contributed by atoms with Crippen LogP contribution in [-0.4, -0.2) is 29.2 Å². The molecule has 2 atom stereocenters. The van der Waals surface area contributed by atoms with Crippen molar-refractivity contribution in [2.45, 2.75) is 25.9 Å². The van der Waals surface area contributed by atoms with Gasteiger partial charge in [-0.1, -0.05) is 6.92 Å². The van der Waals surface area contributed by atoms with Crippen LogP contribution < -0.4 is 10.9 Å². The highest BCUT2D eigenvalue weighted by Crippen LogP contribution is 2.23. The number of aromatic nitrogens is 2. The number of nitrogens with one attached hydrogen (secondary N) is 2. The molecule has 2 N–H and O–H groups in total. The Morgan fingerprint density at radius 1 is 1.69 bits per heavy atom. The van der Waals surface area contributed by atoms with Crippen molar-refractivity contribution in [3.8, 4) is 0 Å². The van der Waals surface area contributed by atoms with Crippen LogP contribution in [0.5, 0.6) is 0 Å². The molecule has 1 saturated heterocycles. The minimum absolute atomic E-state index is 0.132. The molecule has 2 unspecified atom stereocenters. The van der Waals surface area contributed by atoms with E-state index in [0.717, 1.165) is 26.0 Å². The van der Waals surface area contributed by atoms with E-state index in [4.69, 9.17) is 4.74 Å². The summed E-state index contributed by atoms with van der Waals surface area (Å²) in [5, 5.41) is 3.18. The quantitative estimate of drug-likeness (QED) is 0.799. The van der Waals surface area contributed by atoms with Crippen LogP contribution in [0.3, 0.4) is 0 Å². The summed E-state index contributed by atoms with van der Waals surface area (Å²) >= 11 is 0. The molecule has 0 amide bonds. The molecule has 0 aromatic carbocycles. The molecule has 5 heteroatoms. The number of H-pyrrole nitrogens is 1.